The molecule has 0 unspecified atom stereocenters. The molecule has 0 bridgehead atoms. The van der Waals surface area contributed by atoms with Gasteiger partial charge in [-0.25, -0.2) is 9.48 Å². The average molecular weight is 417 g/mol. The molecular formula is C20H24N4O2S2. The van der Waals surface area contributed by atoms with Crippen LogP contribution in [-0.4, -0.2) is 31.9 Å². The van der Waals surface area contributed by atoms with Gasteiger partial charge in [-0.1, -0.05) is 0 Å². The van der Waals surface area contributed by atoms with Gasteiger partial charge in [0, 0.05) is 29.6 Å². The highest BCUT2D eigenvalue weighted by Crippen LogP contribution is 2.23. The van der Waals surface area contributed by atoms with Crippen LogP contribution in [0.3, 0.4) is 0 Å². The van der Waals surface area contributed by atoms with Crippen LogP contribution >= 0.6 is 23.6 Å². The number of nitrogens with zero attached hydrogens (tertiary/aromatic N) is 3. The summed E-state index contributed by atoms with van der Waals surface area (Å²) in [5.41, 5.74) is 3.28. The van der Waals surface area contributed by atoms with Crippen LogP contribution in [0.15, 0.2) is 18.3 Å². The second-order valence-electron chi connectivity index (χ2n) is 6.72. The molecule has 0 aromatic carbocycles. The highest BCUT2D eigenvalue weighted by molar-refractivity contribution is 7.73. The van der Waals surface area contributed by atoms with Crippen molar-refractivity contribution in [1.29, 1.82) is 0 Å². The van der Waals surface area contributed by atoms with Crippen LogP contribution in [0.2, 0.25) is 0 Å². The molecule has 0 aliphatic heterocycles. The molecule has 0 saturated heterocycles. The topological polar surface area (TPSA) is 64.8 Å². The fourth-order valence-corrected chi connectivity index (χ4v) is 4.32. The van der Waals surface area contributed by atoms with Gasteiger partial charge in [0.25, 0.3) is 0 Å². The van der Waals surface area contributed by atoms with Crippen molar-refractivity contribution < 1.29 is 9.53 Å². The van der Waals surface area contributed by atoms with Crippen LogP contribution in [0.5, 0.6) is 0 Å². The minimum atomic E-state index is -0.382. The van der Waals surface area contributed by atoms with Gasteiger partial charge in [0.1, 0.15) is 5.82 Å². The number of H-pyrrole nitrogens is 1. The van der Waals surface area contributed by atoms with E-state index in [1.807, 2.05) is 16.9 Å². The first-order chi connectivity index (χ1) is 13.3. The minimum Gasteiger partial charge on any atom is -0.463 e. The zero-order chi connectivity index (χ0) is 20.4. The minimum absolute atomic E-state index is 0.263. The molecule has 6 nitrogen and oxygen atoms in total. The molecule has 0 aliphatic rings. The summed E-state index contributed by atoms with van der Waals surface area (Å²) in [5.74, 6) is 0.650. The molecule has 148 valence electrons. The lowest BCUT2D eigenvalue weighted by Crippen LogP contribution is -2.23. The molecule has 8 heteroatoms. The number of hydrogen-bond donors (Lipinski definition) is 1. The Hall–Kier alpha value is -2.45. The van der Waals surface area contributed by atoms with Crippen molar-refractivity contribution >= 4 is 41.7 Å². The van der Waals surface area contributed by atoms with E-state index in [1.54, 1.807) is 6.92 Å². The maximum absolute atomic E-state index is 11.9. The fraction of sp³-hybridized carbons (Fsp3) is 0.350. The van der Waals surface area contributed by atoms with Gasteiger partial charge in [0.2, 0.25) is 0 Å². The van der Waals surface area contributed by atoms with Gasteiger partial charge in [-0.05, 0) is 64.5 Å². The van der Waals surface area contributed by atoms with Crippen LogP contribution in [0, 0.1) is 17.8 Å². The molecule has 1 N–H and O–H groups in total. The van der Waals surface area contributed by atoms with Crippen molar-refractivity contribution in [3.8, 4) is 5.82 Å². The molecule has 0 radical (unpaired) electrons. The summed E-state index contributed by atoms with van der Waals surface area (Å²) in [4.78, 5) is 14.9. The molecule has 0 atom stereocenters. The normalized spacial score (nSPS) is 12.9. The summed E-state index contributed by atoms with van der Waals surface area (Å²) in [7, 11) is 0. The number of ether oxygens (including phenoxy) is 1. The molecular weight excluding hydrogens is 392 g/mol. The highest BCUT2D eigenvalue weighted by Gasteiger charge is 2.14. The molecule has 3 heterocycles. The van der Waals surface area contributed by atoms with E-state index >= 15 is 0 Å². The van der Waals surface area contributed by atoms with Gasteiger partial charge in [0.15, 0.2) is 3.95 Å². The number of aromatic amines is 1. The number of thiazole rings is 1. The standard InChI is InChI=1S/C20H24N4O2S2/c1-6-26-19(25)11-16-17(28-20(27)22-16)10-15-9-13(4)23(14(15)5)18-7-8-21-24(18)12(2)3/h7-12H,6H2,1-5H3,(H,22,27)/b16-11-,17-10-. The second-order valence-corrected chi connectivity index (χ2v) is 8.44. The van der Waals surface area contributed by atoms with E-state index in [-0.39, 0.29) is 12.0 Å². The van der Waals surface area contributed by atoms with E-state index in [9.17, 15) is 4.79 Å². The lowest BCUT2D eigenvalue weighted by Gasteiger charge is -2.15. The summed E-state index contributed by atoms with van der Waals surface area (Å²) in [6, 6.07) is 4.41. The molecule has 3 rings (SSSR count). The summed E-state index contributed by atoms with van der Waals surface area (Å²) in [6.07, 6.45) is 5.33. The quantitative estimate of drug-likeness (QED) is 0.513. The summed E-state index contributed by atoms with van der Waals surface area (Å²) in [6.45, 7) is 10.5. The molecule has 3 aromatic rings. The third-order valence-corrected chi connectivity index (χ3v) is 5.58. The summed E-state index contributed by atoms with van der Waals surface area (Å²) < 4.78 is 10.7. The van der Waals surface area contributed by atoms with E-state index in [0.29, 0.717) is 15.9 Å². The molecule has 0 spiro atoms. The Labute approximate surface area is 172 Å². The molecule has 3 aromatic heterocycles. The Kier molecular flexibility index (Phi) is 6.00. The van der Waals surface area contributed by atoms with Crippen molar-refractivity contribution in [3.05, 3.63) is 49.1 Å². The number of rotatable bonds is 5. The third-order valence-electron chi connectivity index (χ3n) is 4.38. The third kappa shape index (κ3) is 4.02. The molecule has 0 saturated carbocycles. The Bertz CT molecular complexity index is 1180. The van der Waals surface area contributed by atoms with Gasteiger partial charge >= 0.3 is 5.97 Å². The van der Waals surface area contributed by atoms with Crippen molar-refractivity contribution in [2.24, 2.45) is 0 Å². The monoisotopic (exact) mass is 416 g/mol. The summed E-state index contributed by atoms with van der Waals surface area (Å²) in [5, 5.41) is 5.12. The van der Waals surface area contributed by atoms with Crippen LogP contribution < -0.4 is 9.88 Å². The van der Waals surface area contributed by atoms with E-state index < -0.39 is 0 Å². The fourth-order valence-electron chi connectivity index (χ4n) is 3.18. The first-order valence-corrected chi connectivity index (χ1v) is 10.4. The molecule has 0 fully saturated rings. The van der Waals surface area contributed by atoms with Gasteiger partial charge in [-0.3, -0.25) is 0 Å². The van der Waals surface area contributed by atoms with Crippen LogP contribution in [-0.2, 0) is 9.53 Å². The number of esters is 1. The molecule has 0 amide bonds. The number of carbonyl (C=O) groups is 1. The SMILES string of the molecule is CCOC(=O)/C=c1\[nH]c(=S)s\c1=C/c1cc(C)n(-c2ccnn2C(C)C)c1C. The lowest BCUT2D eigenvalue weighted by molar-refractivity contribution is -0.135. The molecule has 0 aliphatic carbocycles. The van der Waals surface area contributed by atoms with Crippen LogP contribution in [0.1, 0.15) is 43.8 Å². The maximum Gasteiger partial charge on any atom is 0.332 e. The summed E-state index contributed by atoms with van der Waals surface area (Å²) >= 11 is 6.72. The number of nitrogens with one attached hydrogen (secondary N) is 1. The zero-order valence-corrected chi connectivity index (χ0v) is 18.3. The van der Waals surface area contributed by atoms with Crippen molar-refractivity contribution in [2.75, 3.05) is 6.61 Å². The Morgan fingerprint density at radius 1 is 1.43 bits per heavy atom. The molecule has 28 heavy (non-hydrogen) atoms. The first kappa shape index (κ1) is 20.3. The Morgan fingerprint density at radius 3 is 2.86 bits per heavy atom. The number of aryl methyl sites for hydroxylation is 1. The smallest absolute Gasteiger partial charge is 0.332 e. The predicted octanol–water partition coefficient (Wildman–Crippen LogP) is 3.16. The highest BCUT2D eigenvalue weighted by atomic mass is 32.1. The average Bonchev–Trinajstić information content (AvgIpc) is 3.27. The number of hydrogen-bond acceptors (Lipinski definition) is 5. The van der Waals surface area contributed by atoms with E-state index in [2.05, 4.69) is 54.5 Å². The van der Waals surface area contributed by atoms with Crippen molar-refractivity contribution in [2.45, 2.75) is 40.7 Å². The number of carbonyl (C=O) groups excluding carboxylic acids is 1. The van der Waals surface area contributed by atoms with E-state index in [0.717, 1.165) is 27.3 Å². The van der Waals surface area contributed by atoms with Gasteiger partial charge in [-0.15, -0.1) is 11.3 Å². The Morgan fingerprint density at radius 2 is 2.18 bits per heavy atom. The van der Waals surface area contributed by atoms with Crippen molar-refractivity contribution in [1.82, 2.24) is 19.3 Å². The van der Waals surface area contributed by atoms with Gasteiger partial charge in [-0.2, -0.15) is 5.10 Å². The Balaban J connectivity index is 2.15. The zero-order valence-electron chi connectivity index (χ0n) is 16.6. The van der Waals surface area contributed by atoms with E-state index in [4.69, 9.17) is 17.0 Å². The largest absolute Gasteiger partial charge is 0.463 e. The van der Waals surface area contributed by atoms with Crippen molar-refractivity contribution in [3.63, 3.8) is 0 Å². The predicted molar refractivity (Wildman–Crippen MR) is 115 cm³/mol. The van der Waals surface area contributed by atoms with Gasteiger partial charge < -0.3 is 14.3 Å². The van der Waals surface area contributed by atoms with E-state index in [1.165, 1.54) is 17.4 Å². The number of aromatic nitrogens is 4. The first-order valence-electron chi connectivity index (χ1n) is 9.14. The van der Waals surface area contributed by atoms with Crippen LogP contribution in [0.4, 0.5) is 0 Å². The lowest BCUT2D eigenvalue weighted by atomic mass is 10.2. The van der Waals surface area contributed by atoms with Crippen LogP contribution in [0.25, 0.3) is 18.0 Å². The second kappa shape index (κ2) is 8.28. The maximum atomic E-state index is 11.9. The van der Waals surface area contributed by atoms with Gasteiger partial charge in [0.05, 0.1) is 22.7 Å².